The number of rotatable bonds is 2. The minimum Gasteiger partial charge on any atom is -0.332 e. The van der Waals surface area contributed by atoms with Gasteiger partial charge in [0.2, 0.25) is 0 Å². The minimum absolute atomic E-state index is 0.0366. The summed E-state index contributed by atoms with van der Waals surface area (Å²) in [5.41, 5.74) is 1.29. The molecule has 0 aliphatic carbocycles. The molecule has 1 saturated heterocycles. The monoisotopic (exact) mass is 319 g/mol. The number of aromatic nitrogens is 1. The Morgan fingerprint density at radius 1 is 1.36 bits per heavy atom. The first-order chi connectivity index (χ1) is 10.6. The number of benzene rings is 1. The fourth-order valence-corrected chi connectivity index (χ4v) is 3.39. The van der Waals surface area contributed by atoms with E-state index in [0.717, 1.165) is 17.1 Å². The first-order valence-corrected chi connectivity index (χ1v) is 8.20. The topological polar surface area (TPSA) is 45.2 Å². The van der Waals surface area contributed by atoms with Crippen molar-refractivity contribution in [3.63, 3.8) is 0 Å². The molecule has 1 aliphatic rings. The van der Waals surface area contributed by atoms with Crippen molar-refractivity contribution < 1.29 is 9.18 Å². The summed E-state index contributed by atoms with van der Waals surface area (Å²) in [6.45, 7) is 5.61. The Labute approximate surface area is 133 Å². The Kier molecular flexibility index (Phi) is 4.22. The Hall–Kier alpha value is -1.79. The van der Waals surface area contributed by atoms with Gasteiger partial charge in [0.15, 0.2) is 0 Å². The normalized spacial score (nSPS) is 21.9. The van der Waals surface area contributed by atoms with E-state index in [2.05, 4.69) is 17.2 Å². The molecule has 0 bridgehead atoms. The average Bonchev–Trinajstić information content (AvgIpc) is 3.00. The van der Waals surface area contributed by atoms with E-state index in [1.807, 2.05) is 11.8 Å². The van der Waals surface area contributed by atoms with Crippen LogP contribution in [0.1, 0.15) is 24.3 Å². The van der Waals surface area contributed by atoms with Gasteiger partial charge in [-0.2, -0.15) is 0 Å². The van der Waals surface area contributed by atoms with Crippen LogP contribution in [0.2, 0.25) is 0 Å². The quantitative estimate of drug-likeness (QED) is 0.926. The van der Waals surface area contributed by atoms with Gasteiger partial charge in [-0.25, -0.2) is 9.37 Å². The van der Waals surface area contributed by atoms with Crippen LogP contribution in [0.4, 0.5) is 4.39 Å². The molecule has 22 heavy (non-hydrogen) atoms. The highest BCUT2D eigenvalue weighted by molar-refractivity contribution is 7.13. The van der Waals surface area contributed by atoms with E-state index in [0.29, 0.717) is 12.2 Å². The van der Waals surface area contributed by atoms with Crippen molar-refractivity contribution >= 4 is 17.2 Å². The van der Waals surface area contributed by atoms with Gasteiger partial charge in [-0.1, -0.05) is 0 Å². The Morgan fingerprint density at radius 3 is 2.82 bits per heavy atom. The molecule has 0 radical (unpaired) electrons. The predicted octanol–water partition coefficient (Wildman–Crippen LogP) is 2.77. The number of carbonyl (C=O) groups excluding carboxylic acids is 1. The second-order valence-corrected chi connectivity index (χ2v) is 6.38. The maximum absolute atomic E-state index is 13.0. The highest BCUT2D eigenvalue weighted by atomic mass is 32.1. The van der Waals surface area contributed by atoms with Crippen LogP contribution in [-0.4, -0.2) is 41.0 Å². The van der Waals surface area contributed by atoms with Gasteiger partial charge in [0.25, 0.3) is 5.91 Å². The molecule has 116 valence electrons. The third kappa shape index (κ3) is 2.89. The van der Waals surface area contributed by atoms with Gasteiger partial charge in [-0.3, -0.25) is 4.79 Å². The summed E-state index contributed by atoms with van der Waals surface area (Å²) in [6.07, 6.45) is 0. The van der Waals surface area contributed by atoms with Crippen LogP contribution in [0.5, 0.6) is 0 Å². The van der Waals surface area contributed by atoms with Crippen molar-refractivity contribution in [3.05, 3.63) is 41.2 Å². The summed E-state index contributed by atoms with van der Waals surface area (Å²) in [5, 5.41) is 5.87. The SMILES string of the molecule is CC1NCCN(C(=O)c2csc(-c3ccc(F)cc3)n2)C1C. The van der Waals surface area contributed by atoms with E-state index in [4.69, 9.17) is 0 Å². The van der Waals surface area contributed by atoms with E-state index >= 15 is 0 Å². The Morgan fingerprint density at radius 2 is 2.09 bits per heavy atom. The summed E-state index contributed by atoms with van der Waals surface area (Å²) in [7, 11) is 0. The lowest BCUT2D eigenvalue weighted by Crippen LogP contribution is -2.57. The van der Waals surface area contributed by atoms with Gasteiger partial charge in [0.05, 0.1) is 0 Å². The molecule has 3 rings (SSSR count). The number of amides is 1. The summed E-state index contributed by atoms with van der Waals surface area (Å²) in [5.74, 6) is -0.314. The molecule has 6 heteroatoms. The summed E-state index contributed by atoms with van der Waals surface area (Å²) in [6, 6.07) is 6.57. The van der Waals surface area contributed by atoms with E-state index < -0.39 is 0 Å². The smallest absolute Gasteiger partial charge is 0.273 e. The van der Waals surface area contributed by atoms with Crippen molar-refractivity contribution in [1.82, 2.24) is 15.2 Å². The first kappa shape index (κ1) is 15.1. The molecule has 1 fully saturated rings. The van der Waals surface area contributed by atoms with Crippen molar-refractivity contribution in [2.45, 2.75) is 25.9 Å². The zero-order chi connectivity index (χ0) is 15.7. The van der Waals surface area contributed by atoms with Crippen molar-refractivity contribution in [2.24, 2.45) is 0 Å². The fraction of sp³-hybridized carbons (Fsp3) is 0.375. The zero-order valence-corrected chi connectivity index (χ0v) is 13.4. The Bertz CT molecular complexity index is 670. The number of halogens is 1. The Balaban J connectivity index is 1.81. The number of piperazine rings is 1. The van der Waals surface area contributed by atoms with Gasteiger partial charge in [0.1, 0.15) is 16.5 Å². The van der Waals surface area contributed by atoms with Crippen molar-refractivity contribution in [2.75, 3.05) is 13.1 Å². The maximum Gasteiger partial charge on any atom is 0.273 e. The molecule has 1 amide bonds. The molecular weight excluding hydrogens is 301 g/mol. The van der Waals surface area contributed by atoms with Gasteiger partial charge >= 0.3 is 0 Å². The van der Waals surface area contributed by atoms with Crippen LogP contribution in [0.15, 0.2) is 29.6 Å². The summed E-state index contributed by atoms with van der Waals surface area (Å²) in [4.78, 5) is 18.9. The molecule has 4 nitrogen and oxygen atoms in total. The highest BCUT2D eigenvalue weighted by Crippen LogP contribution is 2.25. The number of hydrogen-bond acceptors (Lipinski definition) is 4. The molecule has 0 spiro atoms. The van der Waals surface area contributed by atoms with Crippen LogP contribution in [0, 0.1) is 5.82 Å². The molecule has 2 aromatic rings. The summed E-state index contributed by atoms with van der Waals surface area (Å²) < 4.78 is 13.0. The second kappa shape index (κ2) is 6.14. The molecule has 2 atom stereocenters. The molecule has 1 N–H and O–H groups in total. The van der Waals surface area contributed by atoms with Gasteiger partial charge < -0.3 is 10.2 Å². The minimum atomic E-state index is -0.278. The number of carbonyl (C=O) groups is 1. The number of thiazole rings is 1. The average molecular weight is 319 g/mol. The molecule has 0 saturated carbocycles. The summed E-state index contributed by atoms with van der Waals surface area (Å²) >= 11 is 1.41. The first-order valence-electron chi connectivity index (χ1n) is 7.32. The third-order valence-electron chi connectivity index (χ3n) is 4.11. The lowest BCUT2D eigenvalue weighted by atomic mass is 10.1. The maximum atomic E-state index is 13.0. The van der Waals surface area contributed by atoms with E-state index in [1.165, 1.54) is 23.5 Å². The molecule has 2 unspecified atom stereocenters. The molecule has 1 aliphatic heterocycles. The zero-order valence-electron chi connectivity index (χ0n) is 12.5. The fourth-order valence-electron chi connectivity index (χ4n) is 2.59. The van der Waals surface area contributed by atoms with E-state index in [9.17, 15) is 9.18 Å². The van der Waals surface area contributed by atoms with Gasteiger partial charge in [0, 0.05) is 36.1 Å². The predicted molar refractivity (Wildman–Crippen MR) is 85.5 cm³/mol. The standard InChI is InChI=1S/C16H18FN3OS/c1-10-11(2)20(8-7-18-10)16(21)14-9-22-15(19-14)12-3-5-13(17)6-4-12/h3-6,9-11,18H,7-8H2,1-2H3. The van der Waals surface area contributed by atoms with Crippen LogP contribution >= 0.6 is 11.3 Å². The molecule has 2 heterocycles. The van der Waals surface area contributed by atoms with Crippen molar-refractivity contribution in [3.8, 4) is 10.6 Å². The van der Waals surface area contributed by atoms with Crippen LogP contribution in [0.25, 0.3) is 10.6 Å². The van der Waals surface area contributed by atoms with Crippen LogP contribution in [-0.2, 0) is 0 Å². The van der Waals surface area contributed by atoms with Gasteiger partial charge in [-0.15, -0.1) is 11.3 Å². The van der Waals surface area contributed by atoms with E-state index in [1.54, 1.807) is 17.5 Å². The highest BCUT2D eigenvalue weighted by Gasteiger charge is 2.29. The lowest BCUT2D eigenvalue weighted by molar-refractivity contribution is 0.0598. The molecule has 1 aromatic heterocycles. The number of nitrogens with zero attached hydrogens (tertiary/aromatic N) is 2. The van der Waals surface area contributed by atoms with E-state index in [-0.39, 0.29) is 23.8 Å². The number of hydrogen-bond donors (Lipinski definition) is 1. The van der Waals surface area contributed by atoms with Crippen molar-refractivity contribution in [1.29, 1.82) is 0 Å². The molecule has 1 aromatic carbocycles. The van der Waals surface area contributed by atoms with Crippen LogP contribution in [0.3, 0.4) is 0 Å². The number of nitrogens with one attached hydrogen (secondary N) is 1. The lowest BCUT2D eigenvalue weighted by Gasteiger charge is -2.38. The third-order valence-corrected chi connectivity index (χ3v) is 5.00. The molecular formula is C16H18FN3OS. The second-order valence-electron chi connectivity index (χ2n) is 5.53. The van der Waals surface area contributed by atoms with Crippen LogP contribution < -0.4 is 5.32 Å². The van der Waals surface area contributed by atoms with Gasteiger partial charge in [-0.05, 0) is 38.1 Å². The largest absolute Gasteiger partial charge is 0.332 e.